The highest BCUT2D eigenvalue weighted by molar-refractivity contribution is 7.71. The van der Waals surface area contributed by atoms with Gasteiger partial charge in [0.25, 0.3) is 0 Å². The number of nitrogens with one attached hydrogen (secondary N) is 1. The molecule has 20 heavy (non-hydrogen) atoms. The molecule has 0 aliphatic heterocycles. The number of aromatic amines is 1. The molecular formula is C13H6Cl4N2S. The molecular weight excluding hydrogens is 358 g/mol. The van der Waals surface area contributed by atoms with Gasteiger partial charge in [0.05, 0.1) is 36.8 Å². The van der Waals surface area contributed by atoms with E-state index in [0.29, 0.717) is 24.9 Å². The number of hydrogen-bond donors (Lipinski definition) is 1. The Labute approximate surface area is 139 Å². The van der Waals surface area contributed by atoms with Crippen LogP contribution in [0.25, 0.3) is 16.7 Å². The fourth-order valence-corrected chi connectivity index (χ4v) is 2.91. The number of rotatable bonds is 1. The lowest BCUT2D eigenvalue weighted by Crippen LogP contribution is -1.94. The Morgan fingerprint density at radius 2 is 1.50 bits per heavy atom. The van der Waals surface area contributed by atoms with Gasteiger partial charge in [-0.1, -0.05) is 46.4 Å². The molecule has 0 radical (unpaired) electrons. The number of benzene rings is 2. The van der Waals surface area contributed by atoms with Crippen molar-refractivity contribution in [1.29, 1.82) is 0 Å². The fourth-order valence-electron chi connectivity index (χ4n) is 1.98. The number of aromatic nitrogens is 2. The number of H-pyrrole nitrogens is 1. The van der Waals surface area contributed by atoms with Crippen LogP contribution in [-0.4, -0.2) is 9.55 Å². The van der Waals surface area contributed by atoms with Gasteiger partial charge in [0.15, 0.2) is 4.77 Å². The van der Waals surface area contributed by atoms with Crippen molar-refractivity contribution in [2.75, 3.05) is 0 Å². The van der Waals surface area contributed by atoms with Crippen LogP contribution in [0.2, 0.25) is 20.1 Å². The summed E-state index contributed by atoms with van der Waals surface area (Å²) in [5.41, 5.74) is 2.42. The molecule has 0 saturated heterocycles. The van der Waals surface area contributed by atoms with Gasteiger partial charge in [-0.15, -0.1) is 0 Å². The normalized spacial score (nSPS) is 11.2. The van der Waals surface area contributed by atoms with Gasteiger partial charge in [-0.05, 0) is 42.5 Å². The minimum atomic E-state index is 0.459. The first kappa shape index (κ1) is 14.2. The lowest BCUT2D eigenvalue weighted by molar-refractivity contribution is 1.07. The molecule has 0 aliphatic carbocycles. The molecule has 0 fully saturated rings. The molecule has 0 saturated carbocycles. The van der Waals surface area contributed by atoms with E-state index in [4.69, 9.17) is 58.6 Å². The number of nitrogens with zero attached hydrogens (tertiary/aromatic N) is 1. The summed E-state index contributed by atoms with van der Waals surface area (Å²) in [6.07, 6.45) is 0. The molecule has 0 amide bonds. The zero-order valence-electron chi connectivity index (χ0n) is 9.75. The molecule has 0 unspecified atom stereocenters. The predicted molar refractivity (Wildman–Crippen MR) is 88.5 cm³/mol. The second-order valence-electron chi connectivity index (χ2n) is 4.15. The summed E-state index contributed by atoms with van der Waals surface area (Å²) >= 11 is 29.4. The van der Waals surface area contributed by atoms with E-state index in [9.17, 15) is 0 Å². The average molecular weight is 364 g/mol. The van der Waals surface area contributed by atoms with Crippen molar-refractivity contribution in [1.82, 2.24) is 9.55 Å². The van der Waals surface area contributed by atoms with Crippen LogP contribution in [0.5, 0.6) is 0 Å². The van der Waals surface area contributed by atoms with E-state index in [0.717, 1.165) is 16.7 Å². The maximum atomic E-state index is 6.07. The van der Waals surface area contributed by atoms with Crippen LogP contribution in [0.1, 0.15) is 0 Å². The Morgan fingerprint density at radius 3 is 2.20 bits per heavy atom. The number of fused-ring (bicyclic) bond motifs is 1. The SMILES string of the molecule is S=c1[nH]c2cc(Cl)c(Cl)cc2n1-c1ccc(Cl)c(Cl)c1. The average Bonchev–Trinajstić information content (AvgIpc) is 2.69. The fraction of sp³-hybridized carbons (Fsp3) is 0. The van der Waals surface area contributed by atoms with Crippen molar-refractivity contribution in [2.24, 2.45) is 0 Å². The third-order valence-electron chi connectivity index (χ3n) is 2.89. The van der Waals surface area contributed by atoms with E-state index in [1.54, 1.807) is 24.3 Å². The van der Waals surface area contributed by atoms with Gasteiger partial charge in [0.1, 0.15) is 0 Å². The number of halogens is 4. The maximum absolute atomic E-state index is 6.07. The summed E-state index contributed by atoms with van der Waals surface area (Å²) in [5, 5.41) is 1.88. The Balaban J connectivity index is 2.35. The lowest BCUT2D eigenvalue weighted by atomic mass is 10.3. The minimum absolute atomic E-state index is 0.459. The molecule has 1 aromatic heterocycles. The Morgan fingerprint density at radius 1 is 0.850 bits per heavy atom. The van der Waals surface area contributed by atoms with Crippen molar-refractivity contribution >= 4 is 69.7 Å². The van der Waals surface area contributed by atoms with E-state index in [2.05, 4.69) is 4.98 Å². The van der Waals surface area contributed by atoms with Crippen LogP contribution in [0.3, 0.4) is 0 Å². The van der Waals surface area contributed by atoms with Gasteiger partial charge in [0.2, 0.25) is 0 Å². The smallest absolute Gasteiger partial charge is 0.182 e. The lowest BCUT2D eigenvalue weighted by Gasteiger charge is -2.06. The van der Waals surface area contributed by atoms with Crippen LogP contribution >= 0.6 is 58.6 Å². The van der Waals surface area contributed by atoms with Crippen LogP contribution in [0.4, 0.5) is 0 Å². The zero-order valence-corrected chi connectivity index (χ0v) is 13.6. The zero-order chi connectivity index (χ0) is 14.4. The largest absolute Gasteiger partial charge is 0.330 e. The predicted octanol–water partition coefficient (Wildman–Crippen LogP) is 6.30. The molecule has 3 rings (SSSR count). The molecule has 7 heteroatoms. The van der Waals surface area contributed by atoms with Crippen molar-refractivity contribution in [3.63, 3.8) is 0 Å². The highest BCUT2D eigenvalue weighted by atomic mass is 35.5. The van der Waals surface area contributed by atoms with Crippen LogP contribution in [-0.2, 0) is 0 Å². The van der Waals surface area contributed by atoms with Crippen molar-refractivity contribution in [3.05, 3.63) is 55.2 Å². The monoisotopic (exact) mass is 362 g/mol. The van der Waals surface area contributed by atoms with Gasteiger partial charge in [-0.25, -0.2) is 0 Å². The molecule has 1 heterocycles. The van der Waals surface area contributed by atoms with Crippen molar-refractivity contribution < 1.29 is 0 Å². The Kier molecular flexibility index (Phi) is 3.73. The van der Waals surface area contributed by atoms with E-state index >= 15 is 0 Å². The summed E-state index contributed by atoms with van der Waals surface area (Å²) in [5.74, 6) is 0. The van der Waals surface area contributed by atoms with Crippen LogP contribution < -0.4 is 0 Å². The first-order chi connectivity index (χ1) is 9.47. The van der Waals surface area contributed by atoms with Crippen molar-refractivity contribution in [2.45, 2.75) is 0 Å². The van der Waals surface area contributed by atoms with Gasteiger partial charge < -0.3 is 4.98 Å². The minimum Gasteiger partial charge on any atom is -0.330 e. The van der Waals surface area contributed by atoms with Gasteiger partial charge in [-0.2, -0.15) is 0 Å². The maximum Gasteiger partial charge on any atom is 0.182 e. The molecule has 2 aromatic carbocycles. The molecule has 0 bridgehead atoms. The first-order valence-corrected chi connectivity index (χ1v) is 7.44. The summed E-state index contributed by atoms with van der Waals surface area (Å²) in [7, 11) is 0. The van der Waals surface area contributed by atoms with Gasteiger partial charge >= 0.3 is 0 Å². The number of imidazole rings is 1. The second kappa shape index (κ2) is 5.24. The summed E-state index contributed by atoms with van der Waals surface area (Å²) in [6, 6.07) is 8.80. The van der Waals surface area contributed by atoms with E-state index in [1.807, 2.05) is 10.6 Å². The summed E-state index contributed by atoms with van der Waals surface area (Å²) in [4.78, 5) is 3.09. The molecule has 102 valence electrons. The Bertz CT molecular complexity index is 882. The molecule has 2 nitrogen and oxygen atoms in total. The standard InChI is InChI=1S/C13H6Cl4N2S/c14-7-2-1-6(3-8(7)15)19-12-5-10(17)9(16)4-11(12)18-13(19)20/h1-5H,(H,18,20). The molecule has 0 spiro atoms. The third kappa shape index (κ3) is 2.34. The quantitative estimate of drug-likeness (QED) is 0.503. The van der Waals surface area contributed by atoms with Gasteiger partial charge in [-0.3, -0.25) is 4.57 Å². The first-order valence-electron chi connectivity index (χ1n) is 5.52. The van der Waals surface area contributed by atoms with Crippen molar-refractivity contribution in [3.8, 4) is 5.69 Å². The summed E-state index contributed by atoms with van der Waals surface area (Å²) < 4.78 is 2.35. The second-order valence-corrected chi connectivity index (χ2v) is 6.16. The van der Waals surface area contributed by atoms with Crippen LogP contribution in [0, 0.1) is 4.77 Å². The number of hydrogen-bond acceptors (Lipinski definition) is 1. The molecule has 0 atom stereocenters. The van der Waals surface area contributed by atoms with Crippen LogP contribution in [0.15, 0.2) is 30.3 Å². The van der Waals surface area contributed by atoms with E-state index in [-0.39, 0.29) is 0 Å². The molecule has 0 aliphatic rings. The topological polar surface area (TPSA) is 20.7 Å². The highest BCUT2D eigenvalue weighted by Crippen LogP contribution is 2.31. The molecule has 1 N–H and O–H groups in total. The van der Waals surface area contributed by atoms with Gasteiger partial charge in [0, 0.05) is 0 Å². The van der Waals surface area contributed by atoms with E-state index < -0.39 is 0 Å². The highest BCUT2D eigenvalue weighted by Gasteiger charge is 2.10. The third-order valence-corrected chi connectivity index (χ3v) is 4.63. The van der Waals surface area contributed by atoms with E-state index in [1.165, 1.54) is 0 Å². The summed E-state index contributed by atoms with van der Waals surface area (Å²) in [6.45, 7) is 0. The molecule has 3 aromatic rings. The Hall–Kier alpha value is -0.710.